The Morgan fingerprint density at radius 1 is 1.44 bits per heavy atom. The summed E-state index contributed by atoms with van der Waals surface area (Å²) in [4.78, 5) is 21.2. The van der Waals surface area contributed by atoms with Gasteiger partial charge in [-0.25, -0.2) is 0 Å². The van der Waals surface area contributed by atoms with Crippen LogP contribution in [0.2, 0.25) is 5.02 Å². The van der Waals surface area contributed by atoms with E-state index < -0.39 is 32.3 Å². The fourth-order valence-electron chi connectivity index (χ4n) is 1.22. The predicted octanol–water partition coefficient (Wildman–Crippen LogP) is 1.79. The monoisotopic (exact) mass is 293 g/mol. The first-order valence-electron chi connectivity index (χ1n) is 4.50. The van der Waals surface area contributed by atoms with Crippen LogP contribution in [0.5, 0.6) is 5.75 Å². The molecule has 18 heavy (non-hydrogen) atoms. The van der Waals surface area contributed by atoms with E-state index in [-0.39, 0.29) is 10.6 Å². The van der Waals surface area contributed by atoms with Gasteiger partial charge in [-0.1, -0.05) is 11.6 Å². The van der Waals surface area contributed by atoms with E-state index in [1.165, 1.54) is 0 Å². The van der Waals surface area contributed by atoms with E-state index in [1.807, 2.05) is 0 Å². The third-order valence-electron chi connectivity index (χ3n) is 1.84. The van der Waals surface area contributed by atoms with E-state index >= 15 is 0 Å². The molecule has 0 atom stereocenters. The Labute approximate surface area is 108 Å². The van der Waals surface area contributed by atoms with Crippen molar-refractivity contribution in [2.75, 3.05) is 6.26 Å². The molecule has 0 aliphatic carbocycles. The van der Waals surface area contributed by atoms with Crippen LogP contribution in [0.25, 0.3) is 0 Å². The van der Waals surface area contributed by atoms with Gasteiger partial charge in [0.25, 0.3) is 0 Å². The number of hydrogen-bond donors (Lipinski definition) is 0. The lowest BCUT2D eigenvalue weighted by molar-refractivity contribution is -0.385. The first-order chi connectivity index (χ1) is 8.11. The summed E-state index contributed by atoms with van der Waals surface area (Å²) < 4.78 is 26.6. The van der Waals surface area contributed by atoms with E-state index in [9.17, 15) is 23.3 Å². The second-order valence-corrected chi connectivity index (χ2v) is 5.41. The van der Waals surface area contributed by atoms with Gasteiger partial charge in [0.15, 0.2) is 5.78 Å². The topological polar surface area (TPSA) is 104 Å². The maximum Gasteiger partial charge on any atom is 0.314 e. The highest BCUT2D eigenvalue weighted by molar-refractivity contribution is 7.86. The lowest BCUT2D eigenvalue weighted by Crippen LogP contribution is -2.11. The number of nitrogens with zero attached hydrogens (tertiary/aromatic N) is 1. The van der Waals surface area contributed by atoms with E-state index in [4.69, 9.17) is 11.6 Å². The van der Waals surface area contributed by atoms with Gasteiger partial charge in [0.05, 0.1) is 16.7 Å². The molecule has 0 saturated carbocycles. The van der Waals surface area contributed by atoms with E-state index in [1.54, 1.807) is 0 Å². The van der Waals surface area contributed by atoms with Crippen LogP contribution in [-0.4, -0.2) is 25.4 Å². The van der Waals surface area contributed by atoms with Crippen LogP contribution in [0, 0.1) is 10.1 Å². The van der Waals surface area contributed by atoms with E-state index in [2.05, 4.69) is 4.18 Å². The zero-order valence-electron chi connectivity index (χ0n) is 9.34. The minimum absolute atomic E-state index is 0.0623. The van der Waals surface area contributed by atoms with Crippen LogP contribution in [0.15, 0.2) is 12.1 Å². The van der Waals surface area contributed by atoms with Crippen molar-refractivity contribution in [3.8, 4) is 5.75 Å². The van der Waals surface area contributed by atoms with Crippen molar-refractivity contribution in [2.45, 2.75) is 6.92 Å². The van der Waals surface area contributed by atoms with Crippen molar-refractivity contribution in [1.29, 1.82) is 0 Å². The molecule has 0 bridgehead atoms. The fraction of sp³-hybridized carbons (Fsp3) is 0.222. The number of nitro groups is 1. The second-order valence-electron chi connectivity index (χ2n) is 3.40. The van der Waals surface area contributed by atoms with Gasteiger partial charge in [0.1, 0.15) is 0 Å². The quantitative estimate of drug-likeness (QED) is 0.363. The van der Waals surface area contributed by atoms with Crippen LogP contribution in [0.1, 0.15) is 17.3 Å². The third-order valence-corrected chi connectivity index (χ3v) is 2.53. The van der Waals surface area contributed by atoms with Gasteiger partial charge >= 0.3 is 15.8 Å². The smallest absolute Gasteiger partial charge is 0.314 e. The number of nitro benzene ring substituents is 1. The van der Waals surface area contributed by atoms with Crippen molar-refractivity contribution in [3.05, 3.63) is 32.8 Å². The average molecular weight is 294 g/mol. The number of hydrogen-bond acceptors (Lipinski definition) is 6. The Kier molecular flexibility index (Phi) is 3.92. The summed E-state index contributed by atoms with van der Waals surface area (Å²) in [5.74, 6) is -1.22. The summed E-state index contributed by atoms with van der Waals surface area (Å²) in [5, 5.41) is 10.7. The van der Waals surface area contributed by atoms with Gasteiger partial charge in [0.2, 0.25) is 5.75 Å². The molecule has 1 aromatic rings. The molecule has 0 fully saturated rings. The summed E-state index contributed by atoms with van der Waals surface area (Å²) in [6.45, 7) is 1.12. The summed E-state index contributed by atoms with van der Waals surface area (Å²) in [6.07, 6.45) is 0.718. The fourth-order valence-corrected chi connectivity index (χ4v) is 1.91. The molecule has 0 heterocycles. The maximum atomic E-state index is 11.3. The van der Waals surface area contributed by atoms with Crippen molar-refractivity contribution < 1.29 is 22.3 Å². The highest BCUT2D eigenvalue weighted by atomic mass is 35.5. The molecule has 0 amide bonds. The van der Waals surface area contributed by atoms with Gasteiger partial charge in [-0.2, -0.15) is 8.42 Å². The second kappa shape index (κ2) is 4.91. The minimum atomic E-state index is -4.00. The van der Waals surface area contributed by atoms with Gasteiger partial charge < -0.3 is 4.18 Å². The normalized spacial score (nSPS) is 11.1. The van der Waals surface area contributed by atoms with Crippen LogP contribution in [-0.2, 0) is 10.1 Å². The Bertz CT molecular complexity index is 589. The standard InChI is InChI=1S/C9H8ClNO6S/c1-5(12)7-3-6(10)4-8(11(13)14)9(7)17-18(2,15)16/h3-4H,1-2H3. The highest BCUT2D eigenvalue weighted by Crippen LogP contribution is 2.35. The van der Waals surface area contributed by atoms with Gasteiger partial charge in [-0.3, -0.25) is 14.9 Å². The molecule has 0 radical (unpaired) electrons. The van der Waals surface area contributed by atoms with Gasteiger partial charge in [-0.05, 0) is 13.0 Å². The molecule has 0 spiro atoms. The first-order valence-corrected chi connectivity index (χ1v) is 6.69. The Morgan fingerprint density at radius 3 is 2.39 bits per heavy atom. The van der Waals surface area contributed by atoms with Crippen molar-refractivity contribution >= 4 is 33.2 Å². The zero-order chi connectivity index (χ0) is 14.1. The number of carbonyl (C=O) groups excluding carboxylic acids is 1. The molecule has 9 heteroatoms. The molecule has 1 aromatic carbocycles. The summed E-state index contributed by atoms with van der Waals surface area (Å²) in [7, 11) is -4.00. The number of benzene rings is 1. The summed E-state index contributed by atoms with van der Waals surface area (Å²) in [6, 6.07) is 2.02. The molecule has 0 aliphatic heterocycles. The minimum Gasteiger partial charge on any atom is -0.374 e. The molecule has 0 N–H and O–H groups in total. The Balaban J connectivity index is 3.61. The number of carbonyl (C=O) groups is 1. The van der Waals surface area contributed by atoms with Crippen LogP contribution >= 0.6 is 11.6 Å². The Hall–Kier alpha value is -1.67. The van der Waals surface area contributed by atoms with E-state index in [0.717, 1.165) is 25.3 Å². The predicted molar refractivity (Wildman–Crippen MR) is 63.6 cm³/mol. The molecule has 1 rings (SSSR count). The van der Waals surface area contributed by atoms with Gasteiger partial charge in [0, 0.05) is 11.1 Å². The Morgan fingerprint density at radius 2 is 2.00 bits per heavy atom. The maximum absolute atomic E-state index is 11.3. The molecular formula is C9H8ClNO6S. The van der Waals surface area contributed by atoms with Crippen molar-refractivity contribution in [2.24, 2.45) is 0 Å². The summed E-state index contributed by atoms with van der Waals surface area (Å²) >= 11 is 5.62. The first kappa shape index (κ1) is 14.4. The third kappa shape index (κ3) is 3.41. The van der Waals surface area contributed by atoms with Crippen LogP contribution < -0.4 is 4.18 Å². The number of rotatable bonds is 4. The van der Waals surface area contributed by atoms with Crippen LogP contribution in [0.3, 0.4) is 0 Å². The SMILES string of the molecule is CC(=O)c1cc(Cl)cc([N+](=O)[O-])c1OS(C)(=O)=O. The van der Waals surface area contributed by atoms with E-state index in [0.29, 0.717) is 0 Å². The number of ketones is 1. The molecule has 7 nitrogen and oxygen atoms in total. The molecule has 0 aliphatic rings. The molecule has 0 saturated heterocycles. The molecule has 98 valence electrons. The molecule has 0 aromatic heterocycles. The van der Waals surface area contributed by atoms with Crippen molar-refractivity contribution in [3.63, 3.8) is 0 Å². The lowest BCUT2D eigenvalue weighted by Gasteiger charge is -2.08. The van der Waals surface area contributed by atoms with Crippen LogP contribution in [0.4, 0.5) is 5.69 Å². The number of Topliss-reactive ketones (excluding diaryl/α,β-unsaturated/α-hetero) is 1. The van der Waals surface area contributed by atoms with Gasteiger partial charge in [-0.15, -0.1) is 0 Å². The molecule has 0 unspecified atom stereocenters. The zero-order valence-corrected chi connectivity index (χ0v) is 10.9. The average Bonchev–Trinajstić information content (AvgIpc) is 2.17. The lowest BCUT2D eigenvalue weighted by atomic mass is 10.1. The summed E-state index contributed by atoms with van der Waals surface area (Å²) in [5.41, 5.74) is -0.947. The number of halogens is 1. The van der Waals surface area contributed by atoms with Crippen molar-refractivity contribution in [1.82, 2.24) is 0 Å². The highest BCUT2D eigenvalue weighted by Gasteiger charge is 2.26. The largest absolute Gasteiger partial charge is 0.374 e. The molecular weight excluding hydrogens is 286 g/mol.